The summed E-state index contributed by atoms with van der Waals surface area (Å²) in [5, 5.41) is 6.29. The lowest BCUT2D eigenvalue weighted by molar-refractivity contribution is -0.139. The van der Waals surface area contributed by atoms with Crippen molar-refractivity contribution in [2.75, 3.05) is 19.8 Å². The molecule has 7 nitrogen and oxygen atoms in total. The molecule has 0 atom stereocenters. The number of para-hydroxylation sites is 1. The fourth-order valence-corrected chi connectivity index (χ4v) is 1.76. The van der Waals surface area contributed by atoms with E-state index in [-0.39, 0.29) is 6.10 Å². The first kappa shape index (κ1) is 19.6. The molecule has 0 fully saturated rings. The number of carbonyl (C=O) groups excluding carboxylic acids is 2. The van der Waals surface area contributed by atoms with Crippen LogP contribution in [0.5, 0.6) is 5.75 Å². The van der Waals surface area contributed by atoms with Gasteiger partial charge in [0.05, 0.1) is 18.9 Å². The van der Waals surface area contributed by atoms with Crippen molar-refractivity contribution in [2.24, 2.45) is 5.10 Å². The van der Waals surface area contributed by atoms with Gasteiger partial charge in [-0.3, -0.25) is 9.59 Å². The van der Waals surface area contributed by atoms with E-state index in [4.69, 9.17) is 9.47 Å². The molecular weight excluding hydrogens is 310 g/mol. The lowest BCUT2D eigenvalue weighted by Crippen LogP contribution is -2.38. The van der Waals surface area contributed by atoms with Crippen LogP contribution in [-0.4, -0.2) is 43.9 Å². The minimum absolute atomic E-state index is 0.151. The van der Waals surface area contributed by atoms with Gasteiger partial charge in [-0.2, -0.15) is 5.10 Å². The van der Waals surface area contributed by atoms with Gasteiger partial charge in [0.1, 0.15) is 5.75 Å². The summed E-state index contributed by atoms with van der Waals surface area (Å²) in [7, 11) is 0. The highest BCUT2D eigenvalue weighted by atomic mass is 16.5. The average Bonchev–Trinajstić information content (AvgIpc) is 2.55. The van der Waals surface area contributed by atoms with Gasteiger partial charge in [0.2, 0.25) is 0 Å². The Hall–Kier alpha value is -2.41. The zero-order valence-corrected chi connectivity index (χ0v) is 14.4. The zero-order valence-electron chi connectivity index (χ0n) is 14.4. The fraction of sp³-hybridized carbons (Fsp3) is 0.471. The number of amides is 2. The highest BCUT2D eigenvalue weighted by molar-refractivity contribution is 6.35. The lowest BCUT2D eigenvalue weighted by atomic mass is 10.2. The molecule has 7 heteroatoms. The van der Waals surface area contributed by atoms with E-state index in [0.717, 1.165) is 0 Å². The van der Waals surface area contributed by atoms with E-state index in [1.807, 2.05) is 32.9 Å². The summed E-state index contributed by atoms with van der Waals surface area (Å²) in [5.41, 5.74) is 2.90. The van der Waals surface area contributed by atoms with Gasteiger partial charge >= 0.3 is 11.8 Å². The molecule has 0 radical (unpaired) electrons. The van der Waals surface area contributed by atoms with Gasteiger partial charge in [-0.05, 0) is 39.3 Å². The molecule has 1 rings (SSSR count). The Labute approximate surface area is 142 Å². The number of hydrogen-bond acceptors (Lipinski definition) is 5. The van der Waals surface area contributed by atoms with Crippen LogP contribution in [0.4, 0.5) is 0 Å². The van der Waals surface area contributed by atoms with Crippen molar-refractivity contribution >= 4 is 18.0 Å². The molecule has 2 amide bonds. The van der Waals surface area contributed by atoms with Crippen LogP contribution >= 0.6 is 0 Å². The van der Waals surface area contributed by atoms with Crippen molar-refractivity contribution in [3.05, 3.63) is 29.8 Å². The lowest BCUT2D eigenvalue weighted by Gasteiger charge is -2.07. The van der Waals surface area contributed by atoms with Crippen LogP contribution in [-0.2, 0) is 14.3 Å². The Kier molecular flexibility index (Phi) is 9.14. The zero-order chi connectivity index (χ0) is 17.8. The number of nitrogens with zero attached hydrogens (tertiary/aromatic N) is 1. The van der Waals surface area contributed by atoms with E-state index in [2.05, 4.69) is 15.8 Å². The molecule has 1 aromatic rings. The maximum atomic E-state index is 11.6. The molecule has 0 aliphatic carbocycles. The minimum Gasteiger partial charge on any atom is -0.493 e. The first-order chi connectivity index (χ1) is 11.5. The molecule has 24 heavy (non-hydrogen) atoms. The van der Waals surface area contributed by atoms with Gasteiger partial charge in [-0.1, -0.05) is 12.1 Å². The van der Waals surface area contributed by atoms with Crippen molar-refractivity contribution in [3.8, 4) is 5.75 Å². The molecule has 0 aliphatic rings. The molecule has 0 aliphatic heterocycles. The Bertz CT molecular complexity index is 559. The van der Waals surface area contributed by atoms with Gasteiger partial charge < -0.3 is 14.8 Å². The number of rotatable bonds is 9. The standard InChI is InChI=1S/C17H25N3O4/c1-4-23-15-9-6-5-8-14(15)12-19-20-17(22)16(21)18-10-7-11-24-13(2)3/h5-6,8-9,12-13H,4,7,10-11H2,1-3H3,(H,18,21)(H,20,22)/b19-12-. The van der Waals surface area contributed by atoms with Crippen molar-refractivity contribution < 1.29 is 19.1 Å². The number of carbonyl (C=O) groups is 2. The Morgan fingerprint density at radius 3 is 2.71 bits per heavy atom. The second-order valence-electron chi connectivity index (χ2n) is 5.20. The summed E-state index contributed by atoms with van der Waals surface area (Å²) in [6.45, 7) is 7.19. The molecule has 0 heterocycles. The van der Waals surface area contributed by atoms with Crippen molar-refractivity contribution in [1.82, 2.24) is 10.7 Å². The van der Waals surface area contributed by atoms with E-state index < -0.39 is 11.8 Å². The van der Waals surface area contributed by atoms with Crippen LogP contribution in [0.25, 0.3) is 0 Å². The third-order valence-corrected chi connectivity index (χ3v) is 2.85. The third kappa shape index (κ3) is 7.73. The van der Waals surface area contributed by atoms with Gasteiger partial charge in [-0.15, -0.1) is 0 Å². The van der Waals surface area contributed by atoms with Gasteiger partial charge in [0, 0.05) is 18.7 Å². The Balaban J connectivity index is 2.36. The van der Waals surface area contributed by atoms with Crippen LogP contribution in [0.3, 0.4) is 0 Å². The van der Waals surface area contributed by atoms with E-state index in [1.54, 1.807) is 12.1 Å². The Morgan fingerprint density at radius 1 is 1.25 bits per heavy atom. The first-order valence-corrected chi connectivity index (χ1v) is 7.99. The molecule has 0 spiro atoms. The summed E-state index contributed by atoms with van der Waals surface area (Å²) in [6.07, 6.45) is 2.23. The van der Waals surface area contributed by atoms with E-state index >= 15 is 0 Å². The van der Waals surface area contributed by atoms with Crippen LogP contribution in [0.1, 0.15) is 32.8 Å². The third-order valence-electron chi connectivity index (χ3n) is 2.85. The van der Waals surface area contributed by atoms with Crippen LogP contribution < -0.4 is 15.5 Å². The molecule has 132 valence electrons. The van der Waals surface area contributed by atoms with Gasteiger partial charge in [0.15, 0.2) is 0 Å². The number of hydrogen-bond donors (Lipinski definition) is 2. The summed E-state index contributed by atoms with van der Waals surface area (Å²) in [4.78, 5) is 23.2. The minimum atomic E-state index is -0.815. The topological polar surface area (TPSA) is 89.0 Å². The molecule has 1 aromatic carbocycles. The van der Waals surface area contributed by atoms with E-state index in [0.29, 0.717) is 37.5 Å². The van der Waals surface area contributed by atoms with E-state index in [1.165, 1.54) is 6.21 Å². The summed E-state index contributed by atoms with van der Waals surface area (Å²) in [6, 6.07) is 7.28. The number of nitrogens with one attached hydrogen (secondary N) is 2. The second kappa shape index (κ2) is 11.2. The van der Waals surface area contributed by atoms with Crippen molar-refractivity contribution in [3.63, 3.8) is 0 Å². The van der Waals surface area contributed by atoms with Crippen LogP contribution in [0.2, 0.25) is 0 Å². The normalized spacial score (nSPS) is 10.8. The SMILES string of the molecule is CCOc1ccccc1/C=N\NC(=O)C(=O)NCCCOC(C)C. The first-order valence-electron chi connectivity index (χ1n) is 7.99. The Morgan fingerprint density at radius 2 is 2.00 bits per heavy atom. The highest BCUT2D eigenvalue weighted by Gasteiger charge is 2.11. The summed E-state index contributed by atoms with van der Waals surface area (Å²) in [5.74, 6) is -0.882. The van der Waals surface area contributed by atoms with E-state index in [9.17, 15) is 9.59 Å². The monoisotopic (exact) mass is 335 g/mol. The number of ether oxygens (including phenoxy) is 2. The largest absolute Gasteiger partial charge is 0.493 e. The van der Waals surface area contributed by atoms with Crippen molar-refractivity contribution in [2.45, 2.75) is 33.3 Å². The molecule has 0 bridgehead atoms. The van der Waals surface area contributed by atoms with Crippen LogP contribution in [0, 0.1) is 0 Å². The number of benzene rings is 1. The van der Waals surface area contributed by atoms with Crippen molar-refractivity contribution in [1.29, 1.82) is 0 Å². The van der Waals surface area contributed by atoms with Gasteiger partial charge in [0.25, 0.3) is 0 Å². The number of hydrazone groups is 1. The predicted octanol–water partition coefficient (Wildman–Crippen LogP) is 1.47. The maximum absolute atomic E-state index is 11.6. The highest BCUT2D eigenvalue weighted by Crippen LogP contribution is 2.15. The molecule has 0 aromatic heterocycles. The predicted molar refractivity (Wildman–Crippen MR) is 92.1 cm³/mol. The molecule has 0 saturated carbocycles. The quantitative estimate of drug-likeness (QED) is 0.309. The second-order valence-corrected chi connectivity index (χ2v) is 5.20. The van der Waals surface area contributed by atoms with Crippen LogP contribution in [0.15, 0.2) is 29.4 Å². The molecule has 0 saturated heterocycles. The fourth-order valence-electron chi connectivity index (χ4n) is 1.76. The molecule has 2 N–H and O–H groups in total. The maximum Gasteiger partial charge on any atom is 0.329 e. The average molecular weight is 335 g/mol. The van der Waals surface area contributed by atoms with Gasteiger partial charge in [-0.25, -0.2) is 5.43 Å². The molecule has 0 unspecified atom stereocenters. The summed E-state index contributed by atoms with van der Waals surface area (Å²) < 4.78 is 10.8. The molecular formula is C17H25N3O4. The smallest absolute Gasteiger partial charge is 0.329 e. The summed E-state index contributed by atoms with van der Waals surface area (Å²) >= 11 is 0.